The van der Waals surface area contributed by atoms with Gasteiger partial charge in [0.1, 0.15) is 28.9 Å². The van der Waals surface area contributed by atoms with Gasteiger partial charge in [0.25, 0.3) is 0 Å². The second-order valence-electron chi connectivity index (χ2n) is 8.66. The normalized spacial score (nSPS) is 16.6. The van der Waals surface area contributed by atoms with Gasteiger partial charge in [-0.15, -0.1) is 0 Å². The summed E-state index contributed by atoms with van der Waals surface area (Å²) < 4.78 is 59.9. The van der Waals surface area contributed by atoms with Gasteiger partial charge in [-0.05, 0) is 45.0 Å². The second-order valence-corrected chi connectivity index (χ2v) is 8.66. The molecular weight excluding hydrogens is 440 g/mol. The number of aldehydes is 1. The van der Waals surface area contributed by atoms with Crippen LogP contribution in [0.15, 0.2) is 29.3 Å². The van der Waals surface area contributed by atoms with Gasteiger partial charge in [-0.25, -0.2) is 14.4 Å². The van der Waals surface area contributed by atoms with Crippen LogP contribution >= 0.6 is 0 Å². The molecule has 0 aliphatic carbocycles. The SMILES string of the molecule is CC(=Nc1c(C=O)cc(N2CCOC(C)(C)C2)nc1-c1ccc(C(F)(F)F)cc1F)N(C)C. The van der Waals surface area contributed by atoms with E-state index in [-0.39, 0.29) is 22.5 Å². The second kappa shape index (κ2) is 9.09. The molecule has 10 heteroatoms. The zero-order valence-electron chi connectivity index (χ0n) is 19.1. The predicted octanol–water partition coefficient (Wildman–Crippen LogP) is 4.95. The number of nitrogens with zero attached hydrogens (tertiary/aromatic N) is 4. The molecule has 2 aromatic rings. The fourth-order valence-electron chi connectivity index (χ4n) is 3.46. The first-order chi connectivity index (χ1) is 15.3. The first-order valence-corrected chi connectivity index (χ1v) is 10.3. The van der Waals surface area contributed by atoms with Gasteiger partial charge in [-0.3, -0.25) is 4.79 Å². The highest BCUT2D eigenvalue weighted by Gasteiger charge is 2.32. The number of alkyl halides is 3. The lowest BCUT2D eigenvalue weighted by molar-refractivity contribution is -0.137. The molecule has 1 aromatic carbocycles. The number of anilines is 1. The van der Waals surface area contributed by atoms with Crippen molar-refractivity contribution in [3.05, 3.63) is 41.2 Å². The van der Waals surface area contributed by atoms with E-state index in [2.05, 4.69) is 9.98 Å². The van der Waals surface area contributed by atoms with E-state index in [9.17, 15) is 22.4 Å². The summed E-state index contributed by atoms with van der Waals surface area (Å²) in [5.41, 5.74) is -1.53. The van der Waals surface area contributed by atoms with Crippen LogP contribution in [0.2, 0.25) is 0 Å². The molecule has 178 valence electrons. The molecule has 1 fully saturated rings. The van der Waals surface area contributed by atoms with Crippen LogP contribution < -0.4 is 4.90 Å². The number of halogens is 4. The standard InChI is InChI=1S/C23H26F4N4O2/c1-14(30(4)5)28-20-15(12-32)10-19(31-8-9-33-22(2,3)13-31)29-21(20)17-7-6-16(11-18(17)24)23(25,26)27/h6-7,10-12H,8-9,13H2,1-5H3. The number of hydrogen-bond acceptors (Lipinski definition) is 5. The Morgan fingerprint density at radius 2 is 1.97 bits per heavy atom. The van der Waals surface area contributed by atoms with E-state index < -0.39 is 23.2 Å². The number of benzene rings is 1. The van der Waals surface area contributed by atoms with E-state index in [4.69, 9.17) is 4.74 Å². The minimum Gasteiger partial charge on any atom is -0.372 e. The Morgan fingerprint density at radius 1 is 1.27 bits per heavy atom. The van der Waals surface area contributed by atoms with Crippen molar-refractivity contribution in [1.82, 2.24) is 9.88 Å². The average Bonchev–Trinajstić information content (AvgIpc) is 2.72. The highest BCUT2D eigenvalue weighted by atomic mass is 19.4. The summed E-state index contributed by atoms with van der Waals surface area (Å²) in [5, 5.41) is 0. The number of aromatic nitrogens is 1. The number of ether oxygens (including phenoxy) is 1. The lowest BCUT2D eigenvalue weighted by atomic mass is 10.0. The lowest BCUT2D eigenvalue weighted by Gasteiger charge is -2.39. The fourth-order valence-corrected chi connectivity index (χ4v) is 3.46. The summed E-state index contributed by atoms with van der Waals surface area (Å²) >= 11 is 0. The van der Waals surface area contributed by atoms with Crippen LogP contribution in [0.25, 0.3) is 11.3 Å². The van der Waals surface area contributed by atoms with Gasteiger partial charge < -0.3 is 14.5 Å². The van der Waals surface area contributed by atoms with E-state index in [1.165, 1.54) is 0 Å². The summed E-state index contributed by atoms with van der Waals surface area (Å²) in [4.78, 5) is 24.6. The molecule has 0 atom stereocenters. The van der Waals surface area contributed by atoms with Crippen LogP contribution in [-0.2, 0) is 10.9 Å². The molecule has 1 aliphatic rings. The molecule has 2 heterocycles. The minimum atomic E-state index is -4.69. The monoisotopic (exact) mass is 466 g/mol. The van der Waals surface area contributed by atoms with Crippen molar-refractivity contribution in [3.8, 4) is 11.3 Å². The Balaban J connectivity index is 2.25. The van der Waals surface area contributed by atoms with Crippen molar-refractivity contribution in [1.29, 1.82) is 0 Å². The number of hydrogen-bond donors (Lipinski definition) is 0. The maximum Gasteiger partial charge on any atom is 0.416 e. The van der Waals surface area contributed by atoms with Gasteiger partial charge in [-0.1, -0.05) is 0 Å². The van der Waals surface area contributed by atoms with Gasteiger partial charge in [0.2, 0.25) is 0 Å². The molecule has 0 saturated carbocycles. The summed E-state index contributed by atoms with van der Waals surface area (Å²) in [7, 11) is 3.49. The number of morpholine rings is 1. The van der Waals surface area contributed by atoms with Crippen molar-refractivity contribution in [2.45, 2.75) is 32.5 Å². The van der Waals surface area contributed by atoms with Gasteiger partial charge >= 0.3 is 6.18 Å². The summed E-state index contributed by atoms with van der Waals surface area (Å²) in [6.07, 6.45) is -4.10. The number of pyridine rings is 1. The molecule has 3 rings (SSSR count). The van der Waals surface area contributed by atoms with Gasteiger partial charge in [0.05, 0.1) is 17.8 Å². The molecule has 1 aliphatic heterocycles. The fraction of sp³-hybridized carbons (Fsp3) is 0.435. The molecule has 1 saturated heterocycles. The Labute approximate surface area is 189 Å². The van der Waals surface area contributed by atoms with E-state index in [0.717, 1.165) is 12.1 Å². The summed E-state index contributed by atoms with van der Waals surface area (Å²) in [6, 6.07) is 3.79. The van der Waals surface area contributed by atoms with Crippen LogP contribution in [-0.4, -0.2) is 61.4 Å². The van der Waals surface area contributed by atoms with Gasteiger partial charge in [-0.2, -0.15) is 13.2 Å². The predicted molar refractivity (Wildman–Crippen MR) is 119 cm³/mol. The van der Waals surface area contributed by atoms with Crippen molar-refractivity contribution in [2.24, 2.45) is 4.99 Å². The number of carbonyl (C=O) groups excluding carboxylic acids is 1. The zero-order valence-corrected chi connectivity index (χ0v) is 19.1. The van der Waals surface area contributed by atoms with Crippen molar-refractivity contribution in [3.63, 3.8) is 0 Å². The van der Waals surface area contributed by atoms with Crippen molar-refractivity contribution in [2.75, 3.05) is 38.7 Å². The van der Waals surface area contributed by atoms with Crippen molar-refractivity contribution < 1.29 is 27.1 Å². The summed E-state index contributed by atoms with van der Waals surface area (Å²) in [6.45, 7) is 6.90. The number of rotatable bonds is 4. The Kier molecular flexibility index (Phi) is 6.78. The van der Waals surface area contributed by atoms with Gasteiger partial charge in [0, 0.05) is 38.3 Å². The van der Waals surface area contributed by atoms with Crippen LogP contribution in [0, 0.1) is 5.82 Å². The lowest BCUT2D eigenvalue weighted by Crippen LogP contribution is -2.48. The third-order valence-corrected chi connectivity index (χ3v) is 5.36. The molecule has 0 amide bonds. The van der Waals surface area contributed by atoms with Crippen LogP contribution in [0.5, 0.6) is 0 Å². The highest BCUT2D eigenvalue weighted by Crippen LogP contribution is 2.38. The molecule has 1 aromatic heterocycles. The maximum atomic E-state index is 15.0. The quantitative estimate of drug-likeness (QED) is 0.276. The molecule has 33 heavy (non-hydrogen) atoms. The van der Waals surface area contributed by atoms with Gasteiger partial charge in [0.15, 0.2) is 6.29 Å². The van der Waals surface area contributed by atoms with E-state index in [1.807, 2.05) is 18.7 Å². The van der Waals surface area contributed by atoms with Crippen LogP contribution in [0.3, 0.4) is 0 Å². The first kappa shape index (κ1) is 24.6. The molecule has 0 unspecified atom stereocenters. The Bertz CT molecular complexity index is 1080. The van der Waals surface area contributed by atoms with E-state index in [1.54, 1.807) is 32.0 Å². The van der Waals surface area contributed by atoms with Crippen molar-refractivity contribution >= 4 is 23.6 Å². The van der Waals surface area contributed by atoms with Crippen LogP contribution in [0.1, 0.15) is 36.7 Å². The highest BCUT2D eigenvalue weighted by molar-refractivity contribution is 5.95. The largest absolute Gasteiger partial charge is 0.416 e. The molecule has 0 N–H and O–H groups in total. The third kappa shape index (κ3) is 5.50. The number of carbonyl (C=O) groups is 1. The molecule has 0 radical (unpaired) electrons. The number of aliphatic imine (C=N–C) groups is 1. The Morgan fingerprint density at radius 3 is 2.52 bits per heavy atom. The molecule has 0 bridgehead atoms. The molecule has 6 nitrogen and oxygen atoms in total. The first-order valence-electron chi connectivity index (χ1n) is 10.3. The topological polar surface area (TPSA) is 58.0 Å². The number of amidine groups is 1. The third-order valence-electron chi connectivity index (χ3n) is 5.36. The Hall–Kier alpha value is -3.01. The van der Waals surface area contributed by atoms with E-state index >= 15 is 0 Å². The minimum absolute atomic E-state index is 0.00803. The average molecular weight is 466 g/mol. The molecular formula is C23H26F4N4O2. The van der Waals surface area contributed by atoms with Crippen LogP contribution in [0.4, 0.5) is 29.1 Å². The molecule has 0 spiro atoms. The van der Waals surface area contributed by atoms with E-state index in [0.29, 0.717) is 43.7 Å². The maximum absolute atomic E-state index is 15.0. The zero-order chi connectivity index (χ0) is 24.6. The summed E-state index contributed by atoms with van der Waals surface area (Å²) in [5.74, 6) is -0.203. The smallest absolute Gasteiger partial charge is 0.372 e.